The van der Waals surface area contributed by atoms with Crippen molar-refractivity contribution in [2.24, 2.45) is 17.1 Å². The minimum absolute atomic E-state index is 0. The van der Waals surface area contributed by atoms with E-state index < -0.39 is 5.41 Å². The molecule has 2 amide bonds. The lowest BCUT2D eigenvalue weighted by Gasteiger charge is -2.38. The van der Waals surface area contributed by atoms with Gasteiger partial charge < -0.3 is 16.0 Å². The fourth-order valence-corrected chi connectivity index (χ4v) is 3.57. The van der Waals surface area contributed by atoms with Gasteiger partial charge in [0.05, 0.1) is 5.41 Å². The number of amides is 2. The van der Waals surface area contributed by atoms with Crippen molar-refractivity contribution < 1.29 is 9.59 Å². The van der Waals surface area contributed by atoms with Crippen LogP contribution in [0.5, 0.6) is 0 Å². The van der Waals surface area contributed by atoms with Gasteiger partial charge in [-0.3, -0.25) is 14.5 Å². The molecular formula is C18H36Cl2N4O2. The third-order valence-electron chi connectivity index (χ3n) is 6.08. The third kappa shape index (κ3) is 5.98. The molecule has 1 saturated heterocycles. The van der Waals surface area contributed by atoms with Crippen LogP contribution in [-0.4, -0.2) is 67.4 Å². The molecule has 1 aliphatic carbocycles. The highest BCUT2D eigenvalue weighted by molar-refractivity contribution is 5.85. The van der Waals surface area contributed by atoms with Crippen LogP contribution in [0.25, 0.3) is 0 Å². The highest BCUT2D eigenvalue weighted by Crippen LogP contribution is 2.28. The van der Waals surface area contributed by atoms with Gasteiger partial charge in [0.25, 0.3) is 0 Å². The van der Waals surface area contributed by atoms with Crippen molar-refractivity contribution in [1.82, 2.24) is 15.1 Å². The Labute approximate surface area is 170 Å². The lowest BCUT2D eigenvalue weighted by atomic mass is 9.81. The molecular weight excluding hydrogens is 375 g/mol. The smallest absolute Gasteiger partial charge is 0.227 e. The molecule has 0 bridgehead atoms. The molecule has 0 unspecified atom stereocenters. The molecule has 0 radical (unpaired) electrons. The zero-order valence-corrected chi connectivity index (χ0v) is 17.8. The van der Waals surface area contributed by atoms with E-state index in [0.717, 1.165) is 58.4 Å². The maximum Gasteiger partial charge on any atom is 0.227 e. The Kier molecular flexibility index (Phi) is 11.7. The number of hydrogen-bond acceptors (Lipinski definition) is 4. The van der Waals surface area contributed by atoms with Gasteiger partial charge in [-0.2, -0.15) is 0 Å². The Morgan fingerprint density at radius 1 is 1.08 bits per heavy atom. The van der Waals surface area contributed by atoms with Crippen molar-refractivity contribution in [2.45, 2.75) is 46.0 Å². The van der Waals surface area contributed by atoms with Crippen LogP contribution < -0.4 is 11.1 Å². The predicted molar refractivity (Wildman–Crippen MR) is 110 cm³/mol. The molecule has 154 valence electrons. The Morgan fingerprint density at radius 2 is 1.65 bits per heavy atom. The monoisotopic (exact) mass is 410 g/mol. The first-order valence-electron chi connectivity index (χ1n) is 9.55. The SMILES string of the molecule is CCC(CC)(CN)C(=O)NCCN1CCN(C(=O)C2CCC2)CC1.Cl.Cl. The maximum absolute atomic E-state index is 12.4. The molecule has 2 aliphatic rings. The molecule has 0 aromatic heterocycles. The van der Waals surface area contributed by atoms with Crippen molar-refractivity contribution >= 4 is 36.6 Å². The summed E-state index contributed by atoms with van der Waals surface area (Å²) in [4.78, 5) is 29.0. The second kappa shape index (κ2) is 12.0. The van der Waals surface area contributed by atoms with E-state index in [1.54, 1.807) is 0 Å². The van der Waals surface area contributed by atoms with Crippen molar-refractivity contribution in [1.29, 1.82) is 0 Å². The van der Waals surface area contributed by atoms with E-state index in [0.29, 0.717) is 24.9 Å². The molecule has 6 nitrogen and oxygen atoms in total. The summed E-state index contributed by atoms with van der Waals surface area (Å²) in [6.45, 7) is 9.37. The van der Waals surface area contributed by atoms with Gasteiger partial charge in [0.15, 0.2) is 0 Å². The summed E-state index contributed by atoms with van der Waals surface area (Å²) in [5.74, 6) is 0.727. The second-order valence-corrected chi connectivity index (χ2v) is 7.24. The predicted octanol–water partition coefficient (Wildman–Crippen LogP) is 1.66. The number of nitrogens with two attached hydrogens (primary N) is 1. The van der Waals surface area contributed by atoms with Crippen LogP contribution in [0.2, 0.25) is 0 Å². The summed E-state index contributed by atoms with van der Waals surface area (Å²) in [7, 11) is 0. The molecule has 2 rings (SSSR count). The van der Waals surface area contributed by atoms with E-state index in [4.69, 9.17) is 5.73 Å². The Hall–Kier alpha value is -0.560. The van der Waals surface area contributed by atoms with Crippen LogP contribution >= 0.6 is 24.8 Å². The first kappa shape index (κ1) is 25.4. The first-order chi connectivity index (χ1) is 11.6. The highest BCUT2D eigenvalue weighted by Gasteiger charge is 2.33. The van der Waals surface area contributed by atoms with Gasteiger partial charge in [-0.05, 0) is 25.7 Å². The van der Waals surface area contributed by atoms with Gasteiger partial charge in [0.2, 0.25) is 11.8 Å². The number of rotatable bonds is 8. The van der Waals surface area contributed by atoms with E-state index in [9.17, 15) is 9.59 Å². The van der Waals surface area contributed by atoms with Gasteiger partial charge in [-0.1, -0.05) is 20.3 Å². The van der Waals surface area contributed by atoms with E-state index in [-0.39, 0.29) is 30.7 Å². The van der Waals surface area contributed by atoms with Gasteiger partial charge in [0, 0.05) is 51.7 Å². The number of carbonyl (C=O) groups is 2. The van der Waals surface area contributed by atoms with Gasteiger partial charge >= 0.3 is 0 Å². The average Bonchev–Trinajstić information content (AvgIpc) is 2.56. The second-order valence-electron chi connectivity index (χ2n) is 7.24. The lowest BCUT2D eigenvalue weighted by molar-refractivity contribution is -0.139. The van der Waals surface area contributed by atoms with E-state index in [1.165, 1.54) is 6.42 Å². The summed E-state index contributed by atoms with van der Waals surface area (Å²) in [5.41, 5.74) is 5.40. The standard InChI is InChI=1S/C18H34N4O2.2ClH/c1-3-18(4-2,14-19)17(24)20-8-9-21-10-12-22(13-11-21)16(23)15-6-5-7-15;;/h15H,3-14,19H2,1-2H3,(H,20,24);2*1H. The quantitative estimate of drug-likeness (QED) is 0.637. The Balaban J connectivity index is 0.00000312. The van der Waals surface area contributed by atoms with Crippen LogP contribution in [0, 0.1) is 11.3 Å². The molecule has 1 saturated carbocycles. The van der Waals surface area contributed by atoms with Crippen LogP contribution in [0.1, 0.15) is 46.0 Å². The van der Waals surface area contributed by atoms with E-state index in [2.05, 4.69) is 10.2 Å². The number of carbonyl (C=O) groups excluding carboxylic acids is 2. The first-order valence-corrected chi connectivity index (χ1v) is 9.55. The van der Waals surface area contributed by atoms with Crippen molar-refractivity contribution in [3.05, 3.63) is 0 Å². The summed E-state index contributed by atoms with van der Waals surface area (Å²) >= 11 is 0. The zero-order chi connectivity index (χ0) is 17.6. The Bertz CT molecular complexity index is 427. The highest BCUT2D eigenvalue weighted by atomic mass is 35.5. The minimum atomic E-state index is -0.423. The topological polar surface area (TPSA) is 78.7 Å². The van der Waals surface area contributed by atoms with Crippen molar-refractivity contribution in [3.8, 4) is 0 Å². The molecule has 0 aromatic rings. The normalized spacial score (nSPS) is 18.3. The van der Waals surface area contributed by atoms with Crippen LogP contribution in [0.15, 0.2) is 0 Å². The number of nitrogens with one attached hydrogen (secondary N) is 1. The molecule has 0 aromatic carbocycles. The fourth-order valence-electron chi connectivity index (χ4n) is 3.57. The minimum Gasteiger partial charge on any atom is -0.354 e. The van der Waals surface area contributed by atoms with Gasteiger partial charge in [0.1, 0.15) is 0 Å². The summed E-state index contributed by atoms with van der Waals surface area (Å²) in [6, 6.07) is 0. The van der Waals surface area contributed by atoms with Gasteiger partial charge in [-0.15, -0.1) is 24.8 Å². The Morgan fingerprint density at radius 3 is 2.08 bits per heavy atom. The number of halogens is 2. The maximum atomic E-state index is 12.4. The number of hydrogen-bond donors (Lipinski definition) is 2. The van der Waals surface area contributed by atoms with Crippen molar-refractivity contribution in [3.63, 3.8) is 0 Å². The largest absolute Gasteiger partial charge is 0.354 e. The summed E-state index contributed by atoms with van der Waals surface area (Å²) in [6.07, 6.45) is 4.89. The van der Waals surface area contributed by atoms with Crippen LogP contribution in [0.4, 0.5) is 0 Å². The molecule has 8 heteroatoms. The average molecular weight is 411 g/mol. The molecule has 26 heavy (non-hydrogen) atoms. The van der Waals surface area contributed by atoms with E-state index in [1.807, 2.05) is 18.7 Å². The fraction of sp³-hybridized carbons (Fsp3) is 0.889. The zero-order valence-electron chi connectivity index (χ0n) is 16.2. The summed E-state index contributed by atoms with van der Waals surface area (Å²) < 4.78 is 0. The molecule has 3 N–H and O–H groups in total. The van der Waals surface area contributed by atoms with E-state index >= 15 is 0 Å². The molecule has 1 aliphatic heterocycles. The summed E-state index contributed by atoms with van der Waals surface area (Å²) in [5, 5.41) is 3.05. The van der Waals surface area contributed by atoms with Gasteiger partial charge in [-0.25, -0.2) is 0 Å². The van der Waals surface area contributed by atoms with Crippen molar-refractivity contribution in [2.75, 3.05) is 45.8 Å². The molecule has 0 spiro atoms. The molecule has 2 fully saturated rings. The van der Waals surface area contributed by atoms with Crippen LogP contribution in [0.3, 0.4) is 0 Å². The third-order valence-corrected chi connectivity index (χ3v) is 6.08. The number of nitrogens with zero attached hydrogens (tertiary/aromatic N) is 2. The lowest BCUT2D eigenvalue weighted by Crippen LogP contribution is -2.53. The van der Waals surface area contributed by atoms with Crippen LogP contribution in [-0.2, 0) is 9.59 Å². The molecule has 1 heterocycles. The molecule has 0 atom stereocenters. The number of piperazine rings is 1.